The number of nitrogens with two attached hydrogens (primary N) is 1. The van der Waals surface area contributed by atoms with Crippen LogP contribution in [0.15, 0.2) is 59.7 Å². The molecule has 0 spiro atoms. The van der Waals surface area contributed by atoms with Crippen LogP contribution < -0.4 is 26.5 Å². The van der Waals surface area contributed by atoms with Gasteiger partial charge in [-0.05, 0) is 36.6 Å². The highest BCUT2D eigenvalue weighted by Crippen LogP contribution is 2.26. The third kappa shape index (κ3) is 4.50. The summed E-state index contributed by atoms with van der Waals surface area (Å²) in [6.45, 7) is 0.904. The van der Waals surface area contributed by atoms with Crippen LogP contribution in [-0.4, -0.2) is 42.6 Å². The fourth-order valence-electron chi connectivity index (χ4n) is 3.88. The number of fused-ring (bicyclic) bond motifs is 1. The molecule has 9 heteroatoms. The molecule has 1 unspecified atom stereocenters. The first-order valence-corrected chi connectivity index (χ1v) is 10.2. The van der Waals surface area contributed by atoms with Crippen molar-refractivity contribution in [2.24, 2.45) is 10.8 Å². The molecule has 3 amide bonds. The van der Waals surface area contributed by atoms with E-state index in [2.05, 4.69) is 22.0 Å². The molecule has 0 aliphatic carbocycles. The summed E-state index contributed by atoms with van der Waals surface area (Å²) in [4.78, 5) is 38.8. The van der Waals surface area contributed by atoms with Crippen LogP contribution in [0, 0.1) is 0 Å². The Bertz CT molecular complexity index is 1020. The van der Waals surface area contributed by atoms with Gasteiger partial charge in [0, 0.05) is 18.7 Å². The van der Waals surface area contributed by atoms with Gasteiger partial charge in [0.25, 0.3) is 11.8 Å². The summed E-state index contributed by atoms with van der Waals surface area (Å²) >= 11 is 0. The molecule has 2 aromatic rings. The smallest absolute Gasteiger partial charge is 0.285 e. The first-order chi connectivity index (χ1) is 15.0. The van der Waals surface area contributed by atoms with Crippen LogP contribution in [0.4, 0.5) is 11.4 Å². The van der Waals surface area contributed by atoms with Crippen molar-refractivity contribution in [3.63, 3.8) is 0 Å². The van der Waals surface area contributed by atoms with E-state index < -0.39 is 17.9 Å². The van der Waals surface area contributed by atoms with E-state index in [4.69, 9.17) is 5.73 Å². The Hall–Kier alpha value is -3.88. The molecular weight excluding hydrogens is 396 g/mol. The van der Waals surface area contributed by atoms with Crippen molar-refractivity contribution in [3.8, 4) is 0 Å². The zero-order chi connectivity index (χ0) is 21.8. The normalized spacial score (nSPS) is 17.5. The standard InChI is InChI=1S/C22H24N6O3/c23-21(30)19-13-17(26-28(19)16-9-2-1-3-10-16)22(31)25-24-20(29)14-27-12-6-8-15-7-4-5-11-18(15)27/h1-5,7,9-11,19H,6,8,12-14H2,(H2,23,30)(H,24,29)(H,25,31). The van der Waals surface area contributed by atoms with Gasteiger partial charge in [-0.2, -0.15) is 5.10 Å². The van der Waals surface area contributed by atoms with Crippen molar-refractivity contribution in [3.05, 3.63) is 60.2 Å². The molecule has 0 fully saturated rings. The van der Waals surface area contributed by atoms with Crippen LogP contribution in [0.2, 0.25) is 0 Å². The fraction of sp³-hybridized carbons (Fsp3) is 0.273. The maximum atomic E-state index is 12.5. The van der Waals surface area contributed by atoms with E-state index in [1.54, 1.807) is 24.3 Å². The summed E-state index contributed by atoms with van der Waals surface area (Å²) in [5, 5.41) is 5.69. The van der Waals surface area contributed by atoms with Crippen LogP contribution >= 0.6 is 0 Å². The number of amides is 3. The SMILES string of the molecule is NC(=O)C1CC(C(=O)NNC(=O)CN2CCCc3ccccc32)=NN1c1ccccc1. The van der Waals surface area contributed by atoms with Gasteiger partial charge < -0.3 is 10.6 Å². The average Bonchev–Trinajstić information content (AvgIpc) is 3.24. The number of primary amides is 1. The monoisotopic (exact) mass is 420 g/mol. The number of hydrazine groups is 1. The van der Waals surface area contributed by atoms with Gasteiger partial charge in [-0.3, -0.25) is 30.2 Å². The van der Waals surface area contributed by atoms with Crippen molar-refractivity contribution in [2.45, 2.75) is 25.3 Å². The lowest BCUT2D eigenvalue weighted by Gasteiger charge is -2.30. The second kappa shape index (κ2) is 8.86. The number of rotatable bonds is 5. The molecule has 0 bridgehead atoms. The van der Waals surface area contributed by atoms with Gasteiger partial charge in [-0.25, -0.2) is 0 Å². The fourth-order valence-corrected chi connectivity index (χ4v) is 3.88. The molecule has 4 rings (SSSR count). The van der Waals surface area contributed by atoms with Crippen molar-refractivity contribution < 1.29 is 14.4 Å². The molecule has 2 aliphatic rings. The van der Waals surface area contributed by atoms with Crippen LogP contribution in [0.25, 0.3) is 0 Å². The number of hydrogen-bond donors (Lipinski definition) is 3. The molecule has 0 saturated carbocycles. The summed E-state index contributed by atoms with van der Waals surface area (Å²) in [6, 6.07) is 16.2. The third-order valence-electron chi connectivity index (χ3n) is 5.38. The molecular formula is C22H24N6O3. The van der Waals surface area contributed by atoms with Gasteiger partial charge in [-0.15, -0.1) is 0 Å². The number of nitrogens with one attached hydrogen (secondary N) is 2. The summed E-state index contributed by atoms with van der Waals surface area (Å²) < 4.78 is 0. The minimum absolute atomic E-state index is 0.0609. The summed E-state index contributed by atoms with van der Waals surface area (Å²) in [5.41, 5.74) is 13.4. The summed E-state index contributed by atoms with van der Waals surface area (Å²) in [7, 11) is 0. The van der Waals surface area contributed by atoms with Crippen molar-refractivity contribution in [2.75, 3.05) is 23.0 Å². The lowest BCUT2D eigenvalue weighted by molar-refractivity contribution is -0.125. The Morgan fingerprint density at radius 2 is 1.77 bits per heavy atom. The molecule has 4 N–H and O–H groups in total. The minimum Gasteiger partial charge on any atom is -0.368 e. The highest BCUT2D eigenvalue weighted by Gasteiger charge is 2.35. The van der Waals surface area contributed by atoms with E-state index in [1.807, 2.05) is 29.2 Å². The predicted octanol–water partition coefficient (Wildman–Crippen LogP) is 0.707. The number of hydrogen-bond acceptors (Lipinski definition) is 6. The zero-order valence-corrected chi connectivity index (χ0v) is 17.0. The molecule has 31 heavy (non-hydrogen) atoms. The van der Waals surface area contributed by atoms with Gasteiger partial charge in [-0.1, -0.05) is 36.4 Å². The van der Waals surface area contributed by atoms with Gasteiger partial charge in [0.05, 0.1) is 12.2 Å². The minimum atomic E-state index is -0.760. The van der Waals surface area contributed by atoms with E-state index >= 15 is 0 Å². The predicted molar refractivity (Wildman–Crippen MR) is 117 cm³/mol. The van der Waals surface area contributed by atoms with E-state index in [1.165, 1.54) is 10.6 Å². The lowest BCUT2D eigenvalue weighted by Crippen LogP contribution is -2.49. The number of carbonyl (C=O) groups excluding carboxylic acids is 3. The quantitative estimate of drug-likeness (QED) is 0.616. The number of nitrogens with zero attached hydrogens (tertiary/aromatic N) is 3. The second-order valence-corrected chi connectivity index (χ2v) is 7.51. The van der Waals surface area contributed by atoms with E-state index in [9.17, 15) is 14.4 Å². The Balaban J connectivity index is 1.36. The second-order valence-electron chi connectivity index (χ2n) is 7.51. The lowest BCUT2D eigenvalue weighted by atomic mass is 10.0. The van der Waals surface area contributed by atoms with E-state index in [0.29, 0.717) is 5.69 Å². The summed E-state index contributed by atoms with van der Waals surface area (Å²) in [6.07, 6.45) is 2.02. The first kappa shape index (κ1) is 20.4. The Morgan fingerprint density at radius 3 is 2.55 bits per heavy atom. The molecule has 1 atom stereocenters. The molecule has 2 aliphatic heterocycles. The highest BCUT2D eigenvalue weighted by atomic mass is 16.2. The zero-order valence-electron chi connectivity index (χ0n) is 17.0. The van der Waals surface area contributed by atoms with Crippen LogP contribution in [0.3, 0.4) is 0 Å². The Labute approximate surface area is 179 Å². The summed E-state index contributed by atoms with van der Waals surface area (Å²) in [5.74, 6) is -1.49. The Morgan fingerprint density at radius 1 is 1.03 bits per heavy atom. The highest BCUT2D eigenvalue weighted by molar-refractivity contribution is 6.40. The van der Waals surface area contributed by atoms with Crippen LogP contribution in [-0.2, 0) is 20.8 Å². The maximum Gasteiger partial charge on any atom is 0.285 e. The van der Waals surface area contributed by atoms with E-state index in [-0.39, 0.29) is 24.6 Å². The van der Waals surface area contributed by atoms with E-state index in [0.717, 1.165) is 25.1 Å². The molecule has 2 heterocycles. The number of carbonyl (C=O) groups is 3. The van der Waals surface area contributed by atoms with Crippen molar-refractivity contribution >= 4 is 34.8 Å². The molecule has 0 saturated heterocycles. The van der Waals surface area contributed by atoms with Crippen molar-refractivity contribution in [1.82, 2.24) is 10.9 Å². The molecule has 9 nitrogen and oxygen atoms in total. The number of benzene rings is 2. The van der Waals surface area contributed by atoms with Gasteiger partial charge in [0.15, 0.2) is 0 Å². The Kier molecular flexibility index (Phi) is 5.83. The average molecular weight is 420 g/mol. The van der Waals surface area contributed by atoms with Crippen LogP contribution in [0.5, 0.6) is 0 Å². The largest absolute Gasteiger partial charge is 0.368 e. The molecule has 160 valence electrons. The number of anilines is 2. The molecule has 0 aromatic heterocycles. The van der Waals surface area contributed by atoms with Crippen molar-refractivity contribution in [1.29, 1.82) is 0 Å². The third-order valence-corrected chi connectivity index (χ3v) is 5.38. The van der Waals surface area contributed by atoms with Gasteiger partial charge >= 0.3 is 0 Å². The molecule has 2 aromatic carbocycles. The number of aryl methyl sites for hydroxylation is 1. The van der Waals surface area contributed by atoms with Gasteiger partial charge in [0.2, 0.25) is 5.91 Å². The number of hydrazone groups is 1. The van der Waals surface area contributed by atoms with Crippen LogP contribution in [0.1, 0.15) is 18.4 Å². The topological polar surface area (TPSA) is 120 Å². The molecule has 0 radical (unpaired) electrons. The maximum absolute atomic E-state index is 12.5. The number of para-hydroxylation sites is 2. The van der Waals surface area contributed by atoms with Gasteiger partial charge in [0.1, 0.15) is 11.8 Å². The first-order valence-electron chi connectivity index (χ1n) is 10.2.